The van der Waals surface area contributed by atoms with Crippen LogP contribution in [0.5, 0.6) is 0 Å². The molecule has 0 aromatic heterocycles. The van der Waals surface area contributed by atoms with Crippen molar-refractivity contribution in [3.05, 3.63) is 88.4 Å². The molecule has 0 saturated heterocycles. The summed E-state index contributed by atoms with van der Waals surface area (Å²) in [4.78, 5) is 12.5. The summed E-state index contributed by atoms with van der Waals surface area (Å²) in [5.41, 5.74) is 4.52. The molecule has 0 spiro atoms. The van der Waals surface area contributed by atoms with E-state index in [4.69, 9.17) is 16.3 Å². The number of carbonyl (C=O) groups excluding carboxylic acids is 1. The van der Waals surface area contributed by atoms with E-state index in [1.165, 1.54) is 11.1 Å². The van der Waals surface area contributed by atoms with Crippen molar-refractivity contribution in [3.8, 4) is 11.1 Å². The molecule has 29 heavy (non-hydrogen) atoms. The van der Waals surface area contributed by atoms with E-state index in [0.717, 1.165) is 11.1 Å². The largest absolute Gasteiger partial charge is 0.448 e. The zero-order chi connectivity index (χ0) is 20.6. The van der Waals surface area contributed by atoms with Gasteiger partial charge in [0.2, 0.25) is 0 Å². The van der Waals surface area contributed by atoms with E-state index in [-0.39, 0.29) is 12.5 Å². The van der Waals surface area contributed by atoms with Gasteiger partial charge in [-0.3, -0.25) is 5.32 Å². The van der Waals surface area contributed by atoms with Crippen LogP contribution >= 0.6 is 11.6 Å². The van der Waals surface area contributed by atoms with Crippen molar-refractivity contribution in [3.63, 3.8) is 0 Å². The molecule has 5 heteroatoms. The van der Waals surface area contributed by atoms with E-state index in [0.29, 0.717) is 16.3 Å². The highest BCUT2D eigenvalue weighted by Crippen LogP contribution is 2.44. The smallest absolute Gasteiger partial charge is 0.411 e. The molecule has 3 aromatic carbocycles. The van der Waals surface area contributed by atoms with Crippen molar-refractivity contribution in [2.24, 2.45) is 0 Å². The third-order valence-corrected chi connectivity index (χ3v) is 5.46. The molecule has 3 aromatic rings. The number of aliphatic hydroxyl groups is 1. The third-order valence-electron chi connectivity index (χ3n) is 5.22. The Morgan fingerprint density at radius 1 is 1.03 bits per heavy atom. The maximum Gasteiger partial charge on any atom is 0.411 e. The summed E-state index contributed by atoms with van der Waals surface area (Å²) in [6, 6.07) is 21.3. The Labute approximate surface area is 175 Å². The molecule has 0 fully saturated rings. The predicted molar refractivity (Wildman–Crippen MR) is 115 cm³/mol. The molecule has 0 aliphatic heterocycles. The molecular weight excluding hydrogens is 386 g/mol. The summed E-state index contributed by atoms with van der Waals surface area (Å²) in [5, 5.41) is 13.6. The lowest BCUT2D eigenvalue weighted by Gasteiger charge is -2.22. The summed E-state index contributed by atoms with van der Waals surface area (Å²) >= 11 is 6.05. The summed E-state index contributed by atoms with van der Waals surface area (Å²) in [6.45, 7) is 3.51. The number of fused-ring (bicyclic) bond motifs is 3. The minimum absolute atomic E-state index is 0.00730. The average molecular weight is 408 g/mol. The molecule has 4 rings (SSSR count). The van der Waals surface area contributed by atoms with Crippen LogP contribution < -0.4 is 5.32 Å². The minimum atomic E-state index is -1.16. The first-order valence-electron chi connectivity index (χ1n) is 9.49. The molecule has 0 saturated carbocycles. The number of ether oxygens (including phenoxy) is 1. The van der Waals surface area contributed by atoms with Gasteiger partial charge < -0.3 is 9.84 Å². The Kier molecular flexibility index (Phi) is 5.07. The van der Waals surface area contributed by atoms with Crippen molar-refractivity contribution in [1.29, 1.82) is 0 Å². The Morgan fingerprint density at radius 2 is 1.62 bits per heavy atom. The second kappa shape index (κ2) is 7.54. The van der Waals surface area contributed by atoms with Gasteiger partial charge in [0.25, 0.3) is 0 Å². The minimum Gasteiger partial charge on any atom is -0.448 e. The number of hydrogen-bond donors (Lipinski definition) is 2. The van der Waals surface area contributed by atoms with Crippen LogP contribution in [0.2, 0.25) is 5.02 Å². The maximum atomic E-state index is 12.5. The molecule has 0 radical (unpaired) electrons. The molecule has 4 nitrogen and oxygen atoms in total. The molecule has 0 atom stereocenters. The van der Waals surface area contributed by atoms with Gasteiger partial charge in [-0.2, -0.15) is 0 Å². The third kappa shape index (κ3) is 3.86. The Hall–Kier alpha value is -2.82. The van der Waals surface area contributed by atoms with Crippen molar-refractivity contribution in [2.45, 2.75) is 25.4 Å². The van der Waals surface area contributed by atoms with Gasteiger partial charge in [0, 0.05) is 16.5 Å². The number of carbonyl (C=O) groups is 1. The number of nitrogens with one attached hydrogen (secondary N) is 1. The van der Waals surface area contributed by atoms with E-state index >= 15 is 0 Å². The monoisotopic (exact) mass is 407 g/mol. The van der Waals surface area contributed by atoms with Crippen LogP contribution in [0.3, 0.4) is 0 Å². The number of halogens is 1. The topological polar surface area (TPSA) is 58.6 Å². The zero-order valence-corrected chi connectivity index (χ0v) is 17.0. The molecule has 1 aliphatic carbocycles. The second-order valence-corrected chi connectivity index (χ2v) is 8.14. The van der Waals surface area contributed by atoms with Gasteiger partial charge in [-0.25, -0.2) is 4.79 Å². The number of benzene rings is 3. The van der Waals surface area contributed by atoms with Crippen molar-refractivity contribution < 1.29 is 14.6 Å². The first kappa shape index (κ1) is 19.5. The van der Waals surface area contributed by atoms with Gasteiger partial charge >= 0.3 is 6.09 Å². The van der Waals surface area contributed by atoms with Gasteiger partial charge in [-0.05, 0) is 54.3 Å². The van der Waals surface area contributed by atoms with Crippen LogP contribution in [0.1, 0.15) is 36.5 Å². The fraction of sp³-hybridized carbons (Fsp3) is 0.208. The second-order valence-electron chi connectivity index (χ2n) is 7.70. The van der Waals surface area contributed by atoms with Crippen molar-refractivity contribution >= 4 is 23.4 Å². The Balaban J connectivity index is 1.52. The number of anilines is 1. The molecule has 148 valence electrons. The Morgan fingerprint density at radius 3 is 2.21 bits per heavy atom. The maximum absolute atomic E-state index is 12.5. The predicted octanol–water partition coefficient (Wildman–Crippen LogP) is 5.93. The normalized spacial score (nSPS) is 13.0. The standard InChI is InChI=1S/C24H22ClNO3/c1-24(2,28)21-13-15(25)11-12-22(21)26-23(27)29-14-20-18-9-5-3-7-16(18)17-8-4-6-10-19(17)20/h3-13,20,28H,14H2,1-2H3,(H,26,27). The van der Waals surface area contributed by atoms with Gasteiger partial charge in [0.15, 0.2) is 0 Å². The molecular formula is C24H22ClNO3. The van der Waals surface area contributed by atoms with Gasteiger partial charge in [0.05, 0.1) is 11.3 Å². The first-order valence-corrected chi connectivity index (χ1v) is 9.87. The highest BCUT2D eigenvalue weighted by atomic mass is 35.5. The van der Waals surface area contributed by atoms with Gasteiger partial charge in [0.1, 0.15) is 6.61 Å². The lowest BCUT2D eigenvalue weighted by atomic mass is 9.96. The van der Waals surface area contributed by atoms with Crippen LogP contribution in [-0.4, -0.2) is 17.8 Å². The van der Waals surface area contributed by atoms with E-state index < -0.39 is 11.7 Å². The quantitative estimate of drug-likeness (QED) is 0.563. The van der Waals surface area contributed by atoms with Crippen molar-refractivity contribution in [1.82, 2.24) is 0 Å². The van der Waals surface area contributed by atoms with Gasteiger partial charge in [-0.1, -0.05) is 60.1 Å². The van der Waals surface area contributed by atoms with Crippen LogP contribution in [0.15, 0.2) is 66.7 Å². The SMILES string of the molecule is CC(C)(O)c1cc(Cl)ccc1NC(=O)OCC1c2ccccc2-c2ccccc21. The molecule has 2 N–H and O–H groups in total. The highest BCUT2D eigenvalue weighted by Gasteiger charge is 2.29. The first-order chi connectivity index (χ1) is 13.8. The highest BCUT2D eigenvalue weighted by molar-refractivity contribution is 6.30. The van der Waals surface area contributed by atoms with Crippen LogP contribution in [0, 0.1) is 0 Å². The lowest BCUT2D eigenvalue weighted by molar-refractivity contribution is 0.0793. The van der Waals surface area contributed by atoms with Crippen molar-refractivity contribution in [2.75, 3.05) is 11.9 Å². The van der Waals surface area contributed by atoms with E-state index in [1.54, 1.807) is 32.0 Å². The zero-order valence-electron chi connectivity index (χ0n) is 16.3. The average Bonchev–Trinajstić information content (AvgIpc) is 3.01. The summed E-state index contributed by atoms with van der Waals surface area (Å²) in [6.07, 6.45) is -0.570. The van der Waals surface area contributed by atoms with Crippen LogP contribution in [0.25, 0.3) is 11.1 Å². The van der Waals surface area contributed by atoms with E-state index in [2.05, 4.69) is 29.6 Å². The van der Waals surface area contributed by atoms with Crippen LogP contribution in [0.4, 0.5) is 10.5 Å². The number of hydrogen-bond acceptors (Lipinski definition) is 3. The molecule has 0 heterocycles. The lowest BCUT2D eigenvalue weighted by Crippen LogP contribution is -2.22. The van der Waals surface area contributed by atoms with E-state index in [1.807, 2.05) is 24.3 Å². The van der Waals surface area contributed by atoms with E-state index in [9.17, 15) is 9.90 Å². The molecule has 0 unspecified atom stereocenters. The number of rotatable bonds is 4. The molecule has 1 aliphatic rings. The van der Waals surface area contributed by atoms with Crippen LogP contribution in [-0.2, 0) is 10.3 Å². The fourth-order valence-electron chi connectivity index (χ4n) is 3.88. The summed E-state index contributed by atoms with van der Waals surface area (Å²) < 4.78 is 5.58. The summed E-state index contributed by atoms with van der Waals surface area (Å²) in [7, 11) is 0. The fourth-order valence-corrected chi connectivity index (χ4v) is 4.05. The molecule has 0 bridgehead atoms. The number of amides is 1. The van der Waals surface area contributed by atoms with Gasteiger partial charge in [-0.15, -0.1) is 0 Å². The molecule has 1 amide bonds. The Bertz CT molecular complexity index is 1030. The summed E-state index contributed by atoms with van der Waals surface area (Å²) in [5.74, 6) is -0.00730.